The summed E-state index contributed by atoms with van der Waals surface area (Å²) in [5, 5.41) is 3.38. The molecule has 3 heteroatoms. The van der Waals surface area contributed by atoms with Gasteiger partial charge in [0.1, 0.15) is 5.78 Å². The Morgan fingerprint density at radius 3 is 1.70 bits per heavy atom. The van der Waals surface area contributed by atoms with E-state index in [4.69, 9.17) is 0 Å². The van der Waals surface area contributed by atoms with Crippen LogP contribution in [0.4, 0.5) is 0 Å². The first kappa shape index (κ1) is 19.3. The van der Waals surface area contributed by atoms with E-state index in [1.807, 2.05) is 41.5 Å². The SMILES string of the molecule is CC(C)C(NC(C)(C)C)C(=O)C[C@@H](C)C(=O)C(C)(C)C. The van der Waals surface area contributed by atoms with Crippen molar-refractivity contribution in [2.24, 2.45) is 17.3 Å². The summed E-state index contributed by atoms with van der Waals surface area (Å²) < 4.78 is 0. The zero-order valence-corrected chi connectivity index (χ0v) is 14.8. The zero-order valence-electron chi connectivity index (χ0n) is 14.8. The van der Waals surface area contributed by atoms with Crippen LogP contribution in [0.3, 0.4) is 0 Å². The van der Waals surface area contributed by atoms with Crippen molar-refractivity contribution in [3.05, 3.63) is 0 Å². The molecule has 0 rings (SSSR count). The second-order valence-corrected chi connectivity index (χ2v) is 8.30. The average Bonchev–Trinajstić information content (AvgIpc) is 2.21. The third-order valence-electron chi connectivity index (χ3n) is 3.30. The third kappa shape index (κ3) is 6.65. The van der Waals surface area contributed by atoms with E-state index >= 15 is 0 Å². The molecule has 0 aliphatic rings. The Morgan fingerprint density at radius 2 is 1.40 bits per heavy atom. The quantitative estimate of drug-likeness (QED) is 0.810. The van der Waals surface area contributed by atoms with E-state index in [9.17, 15) is 9.59 Å². The van der Waals surface area contributed by atoms with E-state index in [1.165, 1.54) is 0 Å². The van der Waals surface area contributed by atoms with Crippen LogP contribution in [0, 0.1) is 17.3 Å². The maximum atomic E-state index is 12.5. The summed E-state index contributed by atoms with van der Waals surface area (Å²) in [6.07, 6.45) is 0.321. The predicted molar refractivity (Wildman–Crippen MR) is 84.8 cm³/mol. The van der Waals surface area contributed by atoms with Crippen molar-refractivity contribution in [1.29, 1.82) is 0 Å². The molecule has 0 bridgehead atoms. The first-order chi connectivity index (χ1) is 8.75. The van der Waals surface area contributed by atoms with Crippen molar-refractivity contribution in [3.8, 4) is 0 Å². The zero-order chi connectivity index (χ0) is 16.3. The van der Waals surface area contributed by atoms with Crippen LogP contribution in [-0.4, -0.2) is 23.1 Å². The van der Waals surface area contributed by atoms with E-state index in [-0.39, 0.29) is 40.4 Å². The summed E-state index contributed by atoms with van der Waals surface area (Å²) in [7, 11) is 0. The molecule has 2 atom stereocenters. The number of rotatable bonds is 6. The number of carbonyl (C=O) groups excluding carboxylic acids is 2. The predicted octanol–water partition coefficient (Wildman–Crippen LogP) is 3.61. The van der Waals surface area contributed by atoms with E-state index in [2.05, 4.69) is 26.1 Å². The molecule has 0 aliphatic heterocycles. The van der Waals surface area contributed by atoms with Gasteiger partial charge < -0.3 is 5.32 Å². The maximum absolute atomic E-state index is 12.5. The summed E-state index contributed by atoms with van der Waals surface area (Å²) in [6, 6.07) is -0.190. The Balaban J connectivity index is 4.83. The Morgan fingerprint density at radius 1 is 0.950 bits per heavy atom. The molecule has 0 aromatic heterocycles. The summed E-state index contributed by atoms with van der Waals surface area (Å²) in [6.45, 7) is 17.8. The normalized spacial score (nSPS) is 16.1. The molecule has 0 saturated heterocycles. The van der Waals surface area contributed by atoms with Crippen LogP contribution in [0.25, 0.3) is 0 Å². The minimum atomic E-state index is -0.384. The van der Waals surface area contributed by atoms with Gasteiger partial charge >= 0.3 is 0 Å². The summed E-state index contributed by atoms with van der Waals surface area (Å²) in [4.78, 5) is 24.7. The lowest BCUT2D eigenvalue weighted by molar-refractivity contribution is -0.133. The summed E-state index contributed by atoms with van der Waals surface area (Å²) in [5.41, 5.74) is -0.494. The average molecular weight is 283 g/mol. The van der Waals surface area contributed by atoms with Gasteiger partial charge in [-0.2, -0.15) is 0 Å². The minimum Gasteiger partial charge on any atom is -0.303 e. The monoisotopic (exact) mass is 283 g/mol. The maximum Gasteiger partial charge on any atom is 0.150 e. The molecule has 0 aliphatic carbocycles. The van der Waals surface area contributed by atoms with Crippen LogP contribution >= 0.6 is 0 Å². The van der Waals surface area contributed by atoms with Crippen LogP contribution in [0.2, 0.25) is 0 Å². The lowest BCUT2D eigenvalue weighted by atomic mass is 9.80. The fraction of sp³-hybridized carbons (Fsp3) is 0.882. The van der Waals surface area contributed by atoms with Crippen molar-refractivity contribution in [2.75, 3.05) is 0 Å². The van der Waals surface area contributed by atoms with Crippen LogP contribution in [0.5, 0.6) is 0 Å². The molecular formula is C17H33NO2. The largest absolute Gasteiger partial charge is 0.303 e. The molecule has 1 N–H and O–H groups in total. The molecule has 118 valence electrons. The fourth-order valence-electron chi connectivity index (χ4n) is 2.35. The number of hydrogen-bond donors (Lipinski definition) is 1. The number of nitrogens with one attached hydrogen (secondary N) is 1. The molecule has 0 radical (unpaired) electrons. The number of carbonyl (C=O) groups is 2. The van der Waals surface area contributed by atoms with E-state index < -0.39 is 0 Å². The Kier molecular flexibility index (Phi) is 6.60. The van der Waals surface area contributed by atoms with E-state index in [0.717, 1.165) is 0 Å². The highest BCUT2D eigenvalue weighted by molar-refractivity contribution is 5.92. The molecule has 0 amide bonds. The van der Waals surface area contributed by atoms with Gasteiger partial charge in [-0.05, 0) is 26.7 Å². The van der Waals surface area contributed by atoms with Gasteiger partial charge in [-0.25, -0.2) is 0 Å². The number of Topliss-reactive ketones (excluding diaryl/α,β-unsaturated/α-hetero) is 2. The molecule has 0 aromatic rings. The molecule has 3 nitrogen and oxygen atoms in total. The van der Waals surface area contributed by atoms with Gasteiger partial charge in [0, 0.05) is 23.3 Å². The van der Waals surface area contributed by atoms with Crippen LogP contribution in [-0.2, 0) is 9.59 Å². The van der Waals surface area contributed by atoms with Gasteiger partial charge in [-0.15, -0.1) is 0 Å². The van der Waals surface area contributed by atoms with Gasteiger partial charge in [0.05, 0.1) is 6.04 Å². The smallest absolute Gasteiger partial charge is 0.150 e. The second kappa shape index (κ2) is 6.84. The Labute approximate surface area is 124 Å². The van der Waals surface area contributed by atoms with Crippen molar-refractivity contribution >= 4 is 11.6 Å². The lowest BCUT2D eigenvalue weighted by Gasteiger charge is -2.31. The van der Waals surface area contributed by atoms with Gasteiger partial charge in [-0.1, -0.05) is 41.5 Å². The fourth-order valence-corrected chi connectivity index (χ4v) is 2.35. The molecular weight excluding hydrogens is 250 g/mol. The first-order valence-corrected chi connectivity index (χ1v) is 7.60. The molecule has 0 aromatic carbocycles. The summed E-state index contributed by atoms with van der Waals surface area (Å²) in [5.74, 6) is 0.299. The third-order valence-corrected chi connectivity index (χ3v) is 3.30. The van der Waals surface area contributed by atoms with Crippen LogP contribution in [0.1, 0.15) is 68.7 Å². The standard InChI is InChI=1S/C17H33NO2/c1-11(2)14(18-17(7,8)9)13(19)10-12(3)15(20)16(4,5)6/h11-12,14,18H,10H2,1-9H3/t12-,14?/m1/s1. The van der Waals surface area contributed by atoms with Gasteiger partial charge in [0.25, 0.3) is 0 Å². The van der Waals surface area contributed by atoms with Gasteiger partial charge in [-0.3, -0.25) is 9.59 Å². The number of ketones is 2. The molecule has 1 unspecified atom stereocenters. The van der Waals surface area contributed by atoms with Crippen LogP contribution in [0.15, 0.2) is 0 Å². The van der Waals surface area contributed by atoms with Gasteiger partial charge in [0.15, 0.2) is 5.78 Å². The van der Waals surface area contributed by atoms with Crippen molar-refractivity contribution in [1.82, 2.24) is 5.32 Å². The molecule has 20 heavy (non-hydrogen) atoms. The minimum absolute atomic E-state index is 0.109. The van der Waals surface area contributed by atoms with Gasteiger partial charge in [0.2, 0.25) is 0 Å². The van der Waals surface area contributed by atoms with E-state index in [0.29, 0.717) is 6.42 Å². The molecule has 0 spiro atoms. The summed E-state index contributed by atoms with van der Waals surface area (Å²) >= 11 is 0. The topological polar surface area (TPSA) is 46.2 Å². The highest BCUT2D eigenvalue weighted by atomic mass is 16.1. The first-order valence-electron chi connectivity index (χ1n) is 7.60. The number of hydrogen-bond acceptors (Lipinski definition) is 3. The molecule has 0 fully saturated rings. The highest BCUT2D eigenvalue weighted by Gasteiger charge is 2.32. The Bertz CT molecular complexity index is 345. The Hall–Kier alpha value is -0.700. The van der Waals surface area contributed by atoms with E-state index in [1.54, 1.807) is 0 Å². The van der Waals surface area contributed by atoms with Crippen LogP contribution < -0.4 is 5.32 Å². The van der Waals surface area contributed by atoms with Crippen molar-refractivity contribution < 1.29 is 9.59 Å². The molecule has 0 saturated carbocycles. The highest BCUT2D eigenvalue weighted by Crippen LogP contribution is 2.23. The van der Waals surface area contributed by atoms with Crippen molar-refractivity contribution in [3.63, 3.8) is 0 Å². The molecule has 0 heterocycles. The lowest BCUT2D eigenvalue weighted by Crippen LogP contribution is -2.51. The van der Waals surface area contributed by atoms with Crippen molar-refractivity contribution in [2.45, 2.75) is 80.3 Å². The second-order valence-electron chi connectivity index (χ2n) is 8.30.